The first-order valence-electron chi connectivity index (χ1n) is 9.77. The molecule has 162 valence electrons. The lowest BCUT2D eigenvalue weighted by molar-refractivity contribution is -0.160. The Morgan fingerprint density at radius 3 is 2.37 bits per heavy atom. The number of benzene rings is 2. The van der Waals surface area contributed by atoms with E-state index < -0.39 is 34.6 Å². The minimum atomic E-state index is -4.37. The highest BCUT2D eigenvalue weighted by molar-refractivity contribution is 7.90. The minimum Gasteiger partial charge on any atom is -0.611 e. The molecular formula is C22H23ClF3NO2S. The summed E-state index contributed by atoms with van der Waals surface area (Å²) >= 11 is 4.56. The Kier molecular flexibility index (Phi) is 7.05. The second kappa shape index (κ2) is 9.20. The fourth-order valence-corrected chi connectivity index (χ4v) is 4.86. The van der Waals surface area contributed by atoms with Gasteiger partial charge in [0.25, 0.3) is 0 Å². The standard InChI is InChI=1S/C22H23ClF3NO2S/c1-2-3-12-21(13-19(21)22(24,25)26)20(28)27-17-8-10-18(11-9-17)30(29)14-15-4-6-16(23)7-5-15/h4-11,19H,2-3,12-14H2,1H3,(H,27,28). The monoisotopic (exact) mass is 457 g/mol. The van der Waals surface area contributed by atoms with E-state index in [4.69, 9.17) is 11.6 Å². The molecule has 1 fully saturated rings. The lowest BCUT2D eigenvalue weighted by atomic mass is 9.94. The highest BCUT2D eigenvalue weighted by atomic mass is 35.5. The van der Waals surface area contributed by atoms with Crippen LogP contribution < -0.4 is 5.32 Å². The number of hydrogen-bond donors (Lipinski definition) is 1. The third kappa shape index (κ3) is 5.31. The Balaban J connectivity index is 1.64. The zero-order chi connectivity index (χ0) is 21.9. The second-order valence-corrected chi connectivity index (χ2v) is 9.54. The van der Waals surface area contributed by atoms with E-state index in [1.807, 2.05) is 6.92 Å². The number of alkyl halides is 3. The van der Waals surface area contributed by atoms with Crippen LogP contribution in [0.5, 0.6) is 0 Å². The third-order valence-electron chi connectivity index (χ3n) is 5.49. The Hall–Kier alpha value is -1.70. The quantitative estimate of drug-likeness (QED) is 0.470. The molecule has 3 unspecified atom stereocenters. The lowest BCUT2D eigenvalue weighted by Gasteiger charge is -2.18. The van der Waals surface area contributed by atoms with Gasteiger partial charge in [-0.15, -0.1) is 0 Å². The summed E-state index contributed by atoms with van der Waals surface area (Å²) in [6.45, 7) is 1.89. The second-order valence-electron chi connectivity index (χ2n) is 7.65. The first-order chi connectivity index (χ1) is 14.2. The summed E-state index contributed by atoms with van der Waals surface area (Å²) in [5, 5.41) is 3.23. The number of carbonyl (C=O) groups excluding carboxylic acids is 1. The van der Waals surface area contributed by atoms with Crippen LogP contribution in [0, 0.1) is 11.3 Å². The Bertz CT molecular complexity index is 873. The molecule has 0 saturated heterocycles. The summed E-state index contributed by atoms with van der Waals surface area (Å²) in [5.41, 5.74) is -0.0968. The van der Waals surface area contributed by atoms with Gasteiger partial charge >= 0.3 is 6.18 Å². The van der Waals surface area contributed by atoms with Gasteiger partial charge in [0, 0.05) is 16.3 Å². The van der Waals surface area contributed by atoms with Crippen molar-refractivity contribution < 1.29 is 22.5 Å². The molecule has 3 atom stereocenters. The number of nitrogens with one attached hydrogen (secondary N) is 1. The van der Waals surface area contributed by atoms with Crippen molar-refractivity contribution in [1.82, 2.24) is 0 Å². The topological polar surface area (TPSA) is 52.2 Å². The Morgan fingerprint density at radius 1 is 1.20 bits per heavy atom. The molecular weight excluding hydrogens is 435 g/mol. The fourth-order valence-electron chi connectivity index (χ4n) is 3.63. The molecule has 0 radical (unpaired) electrons. The number of hydrogen-bond acceptors (Lipinski definition) is 2. The van der Waals surface area contributed by atoms with Crippen molar-refractivity contribution in [1.29, 1.82) is 0 Å². The average molecular weight is 458 g/mol. The number of rotatable bonds is 8. The molecule has 1 amide bonds. The van der Waals surface area contributed by atoms with Crippen LogP contribution in [0.4, 0.5) is 18.9 Å². The van der Waals surface area contributed by atoms with Crippen LogP contribution in [0.2, 0.25) is 5.02 Å². The molecule has 3 nitrogen and oxygen atoms in total. The normalized spacial score (nSPS) is 21.9. The van der Waals surface area contributed by atoms with E-state index in [-0.39, 0.29) is 12.8 Å². The van der Waals surface area contributed by atoms with Gasteiger partial charge in [-0.05, 0) is 60.4 Å². The van der Waals surface area contributed by atoms with E-state index in [2.05, 4.69) is 5.32 Å². The Morgan fingerprint density at radius 2 is 1.83 bits per heavy atom. The van der Waals surface area contributed by atoms with Gasteiger partial charge in [0.1, 0.15) is 5.75 Å². The number of halogens is 4. The van der Waals surface area contributed by atoms with E-state index >= 15 is 0 Å². The van der Waals surface area contributed by atoms with Gasteiger partial charge in [0.05, 0.1) is 11.3 Å². The molecule has 1 saturated carbocycles. The molecule has 0 heterocycles. The van der Waals surface area contributed by atoms with E-state index in [0.717, 1.165) is 12.0 Å². The number of unbranched alkanes of at least 4 members (excludes halogenated alkanes) is 1. The summed E-state index contributed by atoms with van der Waals surface area (Å²) < 4.78 is 52.1. The summed E-state index contributed by atoms with van der Waals surface area (Å²) in [5.74, 6) is -1.85. The molecule has 0 aliphatic heterocycles. The van der Waals surface area contributed by atoms with Crippen LogP contribution in [0.25, 0.3) is 0 Å². The summed E-state index contributed by atoms with van der Waals surface area (Å²) in [7, 11) is 0. The van der Waals surface area contributed by atoms with Crippen molar-refractivity contribution in [3.05, 3.63) is 59.1 Å². The first-order valence-corrected chi connectivity index (χ1v) is 11.5. The predicted octanol–water partition coefficient (Wildman–Crippen LogP) is 6.35. The largest absolute Gasteiger partial charge is 0.611 e. The minimum absolute atomic E-state index is 0.161. The van der Waals surface area contributed by atoms with Crippen molar-refractivity contribution in [2.75, 3.05) is 5.32 Å². The first kappa shape index (κ1) is 23.0. The molecule has 1 aliphatic rings. The fraction of sp³-hybridized carbons (Fsp3) is 0.409. The van der Waals surface area contributed by atoms with Crippen LogP contribution in [0.15, 0.2) is 53.4 Å². The molecule has 8 heteroatoms. The maximum Gasteiger partial charge on any atom is 0.392 e. The summed E-state index contributed by atoms with van der Waals surface area (Å²) in [6.07, 6.45) is -3.00. The van der Waals surface area contributed by atoms with Crippen molar-refractivity contribution in [3.63, 3.8) is 0 Å². The third-order valence-corrected chi connectivity index (χ3v) is 7.13. The molecule has 1 aliphatic carbocycles. The van der Waals surface area contributed by atoms with Crippen molar-refractivity contribution in [3.8, 4) is 0 Å². The smallest absolute Gasteiger partial charge is 0.392 e. The maximum atomic E-state index is 13.2. The molecule has 1 N–H and O–H groups in total. The number of carbonyl (C=O) groups is 1. The molecule has 3 rings (SSSR count). The SMILES string of the molecule is CCCCC1(C(=O)Nc2ccc([S+]([O-])Cc3ccc(Cl)cc3)cc2)CC1C(F)(F)F. The lowest BCUT2D eigenvalue weighted by Crippen LogP contribution is -2.30. The van der Waals surface area contributed by atoms with Crippen LogP contribution in [-0.4, -0.2) is 16.6 Å². The van der Waals surface area contributed by atoms with Crippen molar-refractivity contribution >= 4 is 34.4 Å². The van der Waals surface area contributed by atoms with E-state index in [1.54, 1.807) is 48.5 Å². The van der Waals surface area contributed by atoms with Gasteiger partial charge in [0.2, 0.25) is 5.91 Å². The van der Waals surface area contributed by atoms with Gasteiger partial charge < -0.3 is 9.87 Å². The molecule has 0 bridgehead atoms. The van der Waals surface area contributed by atoms with Gasteiger partial charge in [-0.25, -0.2) is 0 Å². The molecule has 0 spiro atoms. The van der Waals surface area contributed by atoms with Crippen molar-refractivity contribution in [2.45, 2.75) is 49.4 Å². The zero-order valence-electron chi connectivity index (χ0n) is 16.5. The number of amides is 1. The molecule has 2 aromatic rings. The molecule has 30 heavy (non-hydrogen) atoms. The number of anilines is 1. The highest BCUT2D eigenvalue weighted by Crippen LogP contribution is 2.63. The van der Waals surface area contributed by atoms with Crippen LogP contribution in [0.3, 0.4) is 0 Å². The van der Waals surface area contributed by atoms with Gasteiger partial charge in [-0.3, -0.25) is 4.79 Å². The summed E-state index contributed by atoms with van der Waals surface area (Å²) in [6, 6.07) is 13.5. The molecule has 2 aromatic carbocycles. The maximum absolute atomic E-state index is 13.2. The predicted molar refractivity (Wildman–Crippen MR) is 113 cm³/mol. The van der Waals surface area contributed by atoms with Crippen LogP contribution in [0.1, 0.15) is 38.2 Å². The van der Waals surface area contributed by atoms with Crippen molar-refractivity contribution in [2.24, 2.45) is 11.3 Å². The van der Waals surface area contributed by atoms with E-state index in [9.17, 15) is 22.5 Å². The molecule has 0 aromatic heterocycles. The average Bonchev–Trinajstić information content (AvgIpc) is 3.45. The van der Waals surface area contributed by atoms with Gasteiger partial charge in [-0.1, -0.05) is 43.5 Å². The Labute approximate surface area is 182 Å². The summed E-state index contributed by atoms with van der Waals surface area (Å²) in [4.78, 5) is 13.2. The highest BCUT2D eigenvalue weighted by Gasteiger charge is 2.69. The zero-order valence-corrected chi connectivity index (χ0v) is 18.0. The van der Waals surface area contributed by atoms with Gasteiger partial charge in [-0.2, -0.15) is 13.2 Å². The van der Waals surface area contributed by atoms with Crippen LogP contribution >= 0.6 is 11.6 Å². The van der Waals surface area contributed by atoms with E-state index in [1.165, 1.54) is 0 Å². The van der Waals surface area contributed by atoms with Gasteiger partial charge in [0.15, 0.2) is 4.90 Å². The van der Waals surface area contributed by atoms with E-state index in [0.29, 0.717) is 27.8 Å². The van der Waals surface area contributed by atoms with Crippen LogP contribution in [-0.2, 0) is 21.7 Å².